The highest BCUT2D eigenvalue weighted by atomic mass is 32.2. The maximum atomic E-state index is 11.4. The number of hydrogen-bond donors (Lipinski definition) is 1. The maximum absolute atomic E-state index is 11.4. The lowest BCUT2D eigenvalue weighted by Crippen LogP contribution is -2.39. The van der Waals surface area contributed by atoms with E-state index in [0.717, 1.165) is 17.8 Å². The molecule has 1 aliphatic rings. The Morgan fingerprint density at radius 2 is 1.80 bits per heavy atom. The van der Waals surface area contributed by atoms with Crippen LogP contribution in [-0.2, 0) is 16.4 Å². The second-order valence-electron chi connectivity index (χ2n) is 5.10. The van der Waals surface area contributed by atoms with Crippen LogP contribution in [0.3, 0.4) is 0 Å². The first-order chi connectivity index (χ1) is 9.62. The van der Waals surface area contributed by atoms with Gasteiger partial charge in [0, 0.05) is 25.8 Å². The van der Waals surface area contributed by atoms with Crippen LogP contribution in [0.1, 0.15) is 5.56 Å². The topological polar surface area (TPSA) is 66.1 Å². The fourth-order valence-corrected chi connectivity index (χ4v) is 3.65. The van der Waals surface area contributed by atoms with Gasteiger partial charge in [-0.3, -0.25) is 10.00 Å². The van der Waals surface area contributed by atoms with Gasteiger partial charge in [0.1, 0.15) is 0 Å². The average Bonchev–Trinajstić information content (AvgIpc) is 2.96. The molecule has 0 amide bonds. The molecule has 1 fully saturated rings. The van der Waals surface area contributed by atoms with Crippen LogP contribution < -0.4 is 0 Å². The third-order valence-electron chi connectivity index (χ3n) is 3.61. The van der Waals surface area contributed by atoms with Gasteiger partial charge < -0.3 is 0 Å². The molecule has 3 rings (SSSR count). The van der Waals surface area contributed by atoms with Crippen molar-refractivity contribution in [2.45, 2.75) is 6.54 Å². The number of sulfone groups is 1. The molecule has 0 aliphatic carbocycles. The minimum atomic E-state index is -2.80. The van der Waals surface area contributed by atoms with Gasteiger partial charge in [-0.2, -0.15) is 5.10 Å². The van der Waals surface area contributed by atoms with Crippen molar-refractivity contribution in [3.8, 4) is 11.3 Å². The van der Waals surface area contributed by atoms with Crippen LogP contribution in [0.2, 0.25) is 0 Å². The molecule has 1 saturated heterocycles. The monoisotopic (exact) mass is 291 g/mol. The number of nitrogens with one attached hydrogen (secondary N) is 1. The number of aromatic amines is 1. The van der Waals surface area contributed by atoms with Gasteiger partial charge in [-0.25, -0.2) is 8.42 Å². The highest BCUT2D eigenvalue weighted by molar-refractivity contribution is 7.91. The SMILES string of the molecule is O=S1(=O)CCN(Cc2ccc(-c3ccn[nH]3)cc2)CC1. The van der Waals surface area contributed by atoms with Crippen molar-refractivity contribution < 1.29 is 8.42 Å². The molecule has 1 aliphatic heterocycles. The van der Waals surface area contributed by atoms with E-state index in [4.69, 9.17) is 0 Å². The molecule has 6 heteroatoms. The largest absolute Gasteiger partial charge is 0.297 e. The molecule has 0 radical (unpaired) electrons. The summed E-state index contributed by atoms with van der Waals surface area (Å²) in [6.07, 6.45) is 1.73. The number of H-pyrrole nitrogens is 1. The Morgan fingerprint density at radius 3 is 2.40 bits per heavy atom. The fourth-order valence-electron chi connectivity index (χ4n) is 2.37. The van der Waals surface area contributed by atoms with E-state index >= 15 is 0 Å². The summed E-state index contributed by atoms with van der Waals surface area (Å²) < 4.78 is 22.8. The summed E-state index contributed by atoms with van der Waals surface area (Å²) in [5, 5.41) is 6.87. The van der Waals surface area contributed by atoms with Crippen LogP contribution in [0, 0.1) is 0 Å². The molecule has 5 nitrogen and oxygen atoms in total. The zero-order chi connectivity index (χ0) is 14.0. The van der Waals surface area contributed by atoms with Crippen molar-refractivity contribution in [2.75, 3.05) is 24.6 Å². The molecule has 20 heavy (non-hydrogen) atoms. The molecule has 2 aromatic rings. The van der Waals surface area contributed by atoms with Gasteiger partial charge in [0.2, 0.25) is 0 Å². The van der Waals surface area contributed by atoms with Crippen LogP contribution in [-0.4, -0.2) is 48.1 Å². The number of benzene rings is 1. The summed E-state index contributed by atoms with van der Waals surface area (Å²) in [7, 11) is -2.80. The quantitative estimate of drug-likeness (QED) is 0.926. The van der Waals surface area contributed by atoms with E-state index < -0.39 is 9.84 Å². The lowest BCUT2D eigenvalue weighted by molar-refractivity contribution is 0.287. The highest BCUT2D eigenvalue weighted by Crippen LogP contribution is 2.18. The maximum Gasteiger partial charge on any atom is 0.152 e. The summed E-state index contributed by atoms with van der Waals surface area (Å²) in [6.45, 7) is 2.06. The van der Waals surface area contributed by atoms with Gasteiger partial charge in [-0.1, -0.05) is 24.3 Å². The van der Waals surface area contributed by atoms with E-state index in [1.54, 1.807) is 6.20 Å². The summed E-state index contributed by atoms with van der Waals surface area (Å²) in [5.74, 6) is 0.554. The van der Waals surface area contributed by atoms with Gasteiger partial charge >= 0.3 is 0 Å². The molecule has 1 aromatic heterocycles. The Morgan fingerprint density at radius 1 is 1.10 bits per heavy atom. The second-order valence-corrected chi connectivity index (χ2v) is 7.40. The Balaban J connectivity index is 1.64. The highest BCUT2D eigenvalue weighted by Gasteiger charge is 2.21. The second kappa shape index (κ2) is 5.38. The molecule has 2 heterocycles. The lowest BCUT2D eigenvalue weighted by atomic mass is 10.1. The zero-order valence-electron chi connectivity index (χ0n) is 11.1. The van der Waals surface area contributed by atoms with Gasteiger partial charge in [0.25, 0.3) is 0 Å². The molecule has 0 bridgehead atoms. The first-order valence-corrected chi connectivity index (χ1v) is 8.46. The van der Waals surface area contributed by atoms with E-state index in [1.807, 2.05) is 6.07 Å². The molecular weight excluding hydrogens is 274 g/mol. The van der Waals surface area contributed by atoms with Gasteiger partial charge in [-0.05, 0) is 17.2 Å². The first kappa shape index (κ1) is 13.3. The smallest absolute Gasteiger partial charge is 0.152 e. The van der Waals surface area contributed by atoms with Crippen LogP contribution in [0.25, 0.3) is 11.3 Å². The first-order valence-electron chi connectivity index (χ1n) is 6.64. The van der Waals surface area contributed by atoms with Crippen molar-refractivity contribution in [3.63, 3.8) is 0 Å². The molecule has 0 saturated carbocycles. The molecule has 0 atom stereocenters. The van der Waals surface area contributed by atoms with Crippen molar-refractivity contribution in [3.05, 3.63) is 42.1 Å². The standard InChI is InChI=1S/C14H17N3O2S/c18-20(19)9-7-17(8-10-20)11-12-1-3-13(4-2-12)14-5-6-15-16-14/h1-6H,7-11H2,(H,15,16). The molecular formula is C14H17N3O2S. The predicted molar refractivity (Wildman–Crippen MR) is 78.0 cm³/mol. The minimum Gasteiger partial charge on any atom is -0.297 e. The summed E-state index contributed by atoms with van der Waals surface area (Å²) in [4.78, 5) is 2.19. The van der Waals surface area contributed by atoms with Crippen molar-refractivity contribution in [1.29, 1.82) is 0 Å². The normalized spacial score (nSPS) is 19.0. The Labute approximate surface area is 118 Å². The number of hydrogen-bond acceptors (Lipinski definition) is 4. The zero-order valence-corrected chi connectivity index (χ0v) is 11.9. The van der Waals surface area contributed by atoms with Crippen molar-refractivity contribution in [2.24, 2.45) is 0 Å². The Bertz CT molecular complexity index is 649. The molecule has 0 unspecified atom stereocenters. The van der Waals surface area contributed by atoms with Crippen molar-refractivity contribution in [1.82, 2.24) is 15.1 Å². The van der Waals surface area contributed by atoms with Crippen LogP contribution in [0.15, 0.2) is 36.5 Å². The average molecular weight is 291 g/mol. The van der Waals surface area contributed by atoms with Crippen LogP contribution >= 0.6 is 0 Å². The van der Waals surface area contributed by atoms with E-state index in [2.05, 4.69) is 39.4 Å². The summed E-state index contributed by atoms with van der Waals surface area (Å²) in [5.41, 5.74) is 3.31. The minimum absolute atomic E-state index is 0.277. The Kier molecular flexibility index (Phi) is 3.58. The number of nitrogens with zero attached hydrogens (tertiary/aromatic N) is 2. The Hall–Kier alpha value is -1.66. The summed E-state index contributed by atoms with van der Waals surface area (Å²) >= 11 is 0. The summed E-state index contributed by atoms with van der Waals surface area (Å²) in [6, 6.07) is 10.2. The molecule has 1 aromatic carbocycles. The molecule has 1 N–H and O–H groups in total. The number of aromatic nitrogens is 2. The number of rotatable bonds is 3. The van der Waals surface area contributed by atoms with E-state index in [9.17, 15) is 8.42 Å². The van der Waals surface area contributed by atoms with Gasteiger partial charge in [0.15, 0.2) is 9.84 Å². The third kappa shape index (κ3) is 3.08. The lowest BCUT2D eigenvalue weighted by Gasteiger charge is -2.26. The third-order valence-corrected chi connectivity index (χ3v) is 5.22. The molecule has 0 spiro atoms. The van der Waals surface area contributed by atoms with Crippen LogP contribution in [0.4, 0.5) is 0 Å². The fraction of sp³-hybridized carbons (Fsp3) is 0.357. The van der Waals surface area contributed by atoms with Crippen molar-refractivity contribution >= 4 is 9.84 Å². The predicted octanol–water partition coefficient (Wildman–Crippen LogP) is 1.31. The van der Waals surface area contributed by atoms with E-state index in [1.165, 1.54) is 5.56 Å². The molecule has 106 valence electrons. The van der Waals surface area contributed by atoms with Gasteiger partial charge in [-0.15, -0.1) is 0 Å². The van der Waals surface area contributed by atoms with E-state index in [0.29, 0.717) is 13.1 Å². The van der Waals surface area contributed by atoms with Crippen LogP contribution in [0.5, 0.6) is 0 Å². The van der Waals surface area contributed by atoms with E-state index in [-0.39, 0.29) is 11.5 Å². The van der Waals surface area contributed by atoms with Gasteiger partial charge in [0.05, 0.1) is 17.2 Å².